The average molecular weight is 355 g/mol. The summed E-state index contributed by atoms with van der Waals surface area (Å²) >= 11 is 0. The second-order valence-electron chi connectivity index (χ2n) is 4.71. The van der Waals surface area contributed by atoms with Crippen LogP contribution in [0.4, 0.5) is 14.7 Å². The van der Waals surface area contributed by atoms with Crippen molar-refractivity contribution in [1.82, 2.24) is 0 Å². The third-order valence-electron chi connectivity index (χ3n) is 2.99. The number of furan rings is 1. The highest BCUT2D eigenvalue weighted by atomic mass is 19.3. The molecule has 0 saturated carbocycles. The van der Waals surface area contributed by atoms with Gasteiger partial charge in [-0.3, -0.25) is 14.9 Å². The number of hydrogen-bond donors (Lipinski definition) is 0. The maximum Gasteiger partial charge on any atom is 0.433 e. The molecule has 10 heteroatoms. The molecule has 0 fully saturated rings. The van der Waals surface area contributed by atoms with Crippen LogP contribution in [0.2, 0.25) is 0 Å². The van der Waals surface area contributed by atoms with Gasteiger partial charge in [-0.2, -0.15) is 8.78 Å². The van der Waals surface area contributed by atoms with E-state index in [1.165, 1.54) is 31.2 Å². The van der Waals surface area contributed by atoms with Gasteiger partial charge in [0.1, 0.15) is 10.7 Å². The van der Waals surface area contributed by atoms with Gasteiger partial charge in [-0.1, -0.05) is 0 Å². The minimum atomic E-state index is -2.99. The van der Waals surface area contributed by atoms with Crippen molar-refractivity contribution < 1.29 is 37.2 Å². The first-order valence-electron chi connectivity index (χ1n) is 6.82. The fourth-order valence-electron chi connectivity index (χ4n) is 1.84. The normalized spacial score (nSPS) is 11.8. The van der Waals surface area contributed by atoms with Crippen molar-refractivity contribution in [3.63, 3.8) is 0 Å². The Labute approximate surface area is 139 Å². The zero-order valence-corrected chi connectivity index (χ0v) is 12.7. The molecule has 0 aliphatic heterocycles. The van der Waals surface area contributed by atoms with Crippen LogP contribution in [0.3, 0.4) is 0 Å². The van der Waals surface area contributed by atoms with Gasteiger partial charge in [-0.25, -0.2) is 4.79 Å². The Kier molecular flexibility index (Phi) is 5.42. The Hall–Kier alpha value is -3.30. The van der Waals surface area contributed by atoms with Gasteiger partial charge in [-0.15, -0.1) is 0 Å². The number of carbonyl (C=O) groups is 2. The van der Waals surface area contributed by atoms with Crippen LogP contribution in [-0.2, 0) is 4.74 Å². The Bertz CT molecular complexity index is 785. The van der Waals surface area contributed by atoms with Gasteiger partial charge < -0.3 is 13.9 Å². The van der Waals surface area contributed by atoms with Crippen LogP contribution >= 0.6 is 0 Å². The lowest BCUT2D eigenvalue weighted by Crippen LogP contribution is -2.24. The molecule has 0 N–H and O–H groups in total. The molecule has 132 valence electrons. The highest BCUT2D eigenvalue weighted by molar-refractivity contribution is 6.01. The summed E-state index contributed by atoms with van der Waals surface area (Å²) in [4.78, 5) is 33.6. The fraction of sp³-hybridized carbons (Fsp3) is 0.200. The second kappa shape index (κ2) is 7.51. The number of nitrogens with zero attached hydrogens (tertiary/aromatic N) is 1. The van der Waals surface area contributed by atoms with Gasteiger partial charge in [0, 0.05) is 5.56 Å². The number of halogens is 2. The number of rotatable bonds is 7. The van der Waals surface area contributed by atoms with E-state index in [0.29, 0.717) is 0 Å². The molecule has 1 aromatic heterocycles. The Morgan fingerprint density at radius 1 is 1.16 bits per heavy atom. The molecule has 2 rings (SSSR count). The number of nitro groups is 1. The molecule has 1 atom stereocenters. The second-order valence-corrected chi connectivity index (χ2v) is 4.71. The molecule has 0 saturated heterocycles. The van der Waals surface area contributed by atoms with E-state index < -0.39 is 41.0 Å². The molecule has 8 nitrogen and oxygen atoms in total. The lowest BCUT2D eigenvalue weighted by molar-refractivity contribution is -0.402. The smallest absolute Gasteiger partial charge is 0.433 e. The predicted octanol–water partition coefficient (Wildman–Crippen LogP) is 3.22. The molecule has 2 aromatic rings. The largest absolute Gasteiger partial charge is 0.448 e. The third kappa shape index (κ3) is 4.59. The van der Waals surface area contributed by atoms with Crippen molar-refractivity contribution in [2.75, 3.05) is 0 Å². The number of alkyl halides is 2. The Morgan fingerprint density at radius 2 is 1.80 bits per heavy atom. The quantitative estimate of drug-likeness (QED) is 0.325. The van der Waals surface area contributed by atoms with Crippen molar-refractivity contribution in [3.05, 3.63) is 57.8 Å². The maximum atomic E-state index is 12.2. The number of carbonyl (C=O) groups excluding carboxylic acids is 2. The van der Waals surface area contributed by atoms with Crippen LogP contribution in [0.1, 0.15) is 27.8 Å². The summed E-state index contributed by atoms with van der Waals surface area (Å²) in [6.45, 7) is -1.69. The molecule has 0 unspecified atom stereocenters. The number of hydrogen-bond acceptors (Lipinski definition) is 7. The van der Waals surface area contributed by atoms with Gasteiger partial charge >= 0.3 is 18.5 Å². The predicted molar refractivity (Wildman–Crippen MR) is 77.6 cm³/mol. The first-order valence-corrected chi connectivity index (χ1v) is 6.82. The van der Waals surface area contributed by atoms with Gasteiger partial charge in [0.15, 0.2) is 6.10 Å². The van der Waals surface area contributed by atoms with Crippen LogP contribution in [0, 0.1) is 10.1 Å². The van der Waals surface area contributed by atoms with Crippen molar-refractivity contribution >= 4 is 17.6 Å². The number of ketones is 1. The summed E-state index contributed by atoms with van der Waals surface area (Å²) < 4.78 is 37.8. The summed E-state index contributed by atoms with van der Waals surface area (Å²) in [5.74, 6) is -2.84. The average Bonchev–Trinajstić information content (AvgIpc) is 3.04. The molecule has 0 amide bonds. The van der Waals surface area contributed by atoms with E-state index in [9.17, 15) is 28.5 Å². The van der Waals surface area contributed by atoms with E-state index in [4.69, 9.17) is 4.74 Å². The standard InChI is InChI=1S/C15H11F2NO7/c1-8(23-14(20)11-6-7-12(25-11)18(21)22)13(19)9-2-4-10(5-3-9)24-15(16)17/h2-8,15H,1H3/t8-/m0/s1. The van der Waals surface area contributed by atoms with Crippen LogP contribution in [-0.4, -0.2) is 29.4 Å². The SMILES string of the molecule is C[C@H](OC(=O)c1ccc([N+](=O)[O-])o1)C(=O)c1ccc(OC(F)F)cc1. The molecular weight excluding hydrogens is 344 g/mol. The molecule has 1 heterocycles. The molecule has 1 aromatic carbocycles. The van der Waals surface area contributed by atoms with Gasteiger partial charge in [0.2, 0.25) is 11.5 Å². The highest BCUT2D eigenvalue weighted by Gasteiger charge is 2.24. The molecule has 0 bridgehead atoms. The minimum Gasteiger partial charge on any atom is -0.448 e. The van der Waals surface area contributed by atoms with Gasteiger partial charge in [0.05, 0.1) is 6.07 Å². The summed E-state index contributed by atoms with van der Waals surface area (Å²) in [7, 11) is 0. The lowest BCUT2D eigenvalue weighted by Gasteiger charge is -2.11. The topological polar surface area (TPSA) is 109 Å². The first kappa shape index (κ1) is 18.0. The molecule has 0 spiro atoms. The lowest BCUT2D eigenvalue weighted by atomic mass is 10.1. The molecule has 25 heavy (non-hydrogen) atoms. The molecule has 0 aliphatic rings. The van der Waals surface area contributed by atoms with E-state index in [1.54, 1.807) is 0 Å². The first-order chi connectivity index (χ1) is 11.8. The molecular formula is C15H11F2NO7. The zero-order valence-electron chi connectivity index (χ0n) is 12.7. The number of Topliss-reactive ketones (excluding diaryl/α,β-unsaturated/α-hetero) is 1. The monoisotopic (exact) mass is 355 g/mol. The molecule has 0 aliphatic carbocycles. The molecule has 0 radical (unpaired) electrons. The van der Waals surface area contributed by atoms with Crippen molar-refractivity contribution in [3.8, 4) is 5.75 Å². The van der Waals surface area contributed by atoms with Crippen LogP contribution in [0.5, 0.6) is 5.75 Å². The van der Waals surface area contributed by atoms with Crippen molar-refractivity contribution in [1.29, 1.82) is 0 Å². The summed E-state index contributed by atoms with van der Waals surface area (Å²) in [5.41, 5.74) is 0.104. The third-order valence-corrected chi connectivity index (χ3v) is 2.99. The Morgan fingerprint density at radius 3 is 2.32 bits per heavy atom. The van der Waals surface area contributed by atoms with E-state index in [1.807, 2.05) is 0 Å². The van der Waals surface area contributed by atoms with Gasteiger partial charge in [-0.05, 0) is 37.3 Å². The van der Waals surface area contributed by atoms with Crippen LogP contribution < -0.4 is 4.74 Å². The van der Waals surface area contributed by atoms with E-state index in [-0.39, 0.29) is 11.3 Å². The maximum absolute atomic E-state index is 12.2. The van der Waals surface area contributed by atoms with Crippen molar-refractivity contribution in [2.45, 2.75) is 19.6 Å². The highest BCUT2D eigenvalue weighted by Crippen LogP contribution is 2.19. The van der Waals surface area contributed by atoms with E-state index in [0.717, 1.165) is 12.1 Å². The fourth-order valence-corrected chi connectivity index (χ4v) is 1.84. The van der Waals surface area contributed by atoms with Gasteiger partial charge in [0.25, 0.3) is 0 Å². The number of esters is 1. The van der Waals surface area contributed by atoms with E-state index in [2.05, 4.69) is 9.15 Å². The van der Waals surface area contributed by atoms with Crippen LogP contribution in [0.15, 0.2) is 40.8 Å². The zero-order chi connectivity index (χ0) is 18.6. The number of benzene rings is 1. The number of ether oxygens (including phenoxy) is 2. The van der Waals surface area contributed by atoms with Crippen LogP contribution in [0.25, 0.3) is 0 Å². The minimum absolute atomic E-state index is 0.104. The van der Waals surface area contributed by atoms with Crippen molar-refractivity contribution in [2.24, 2.45) is 0 Å². The van der Waals surface area contributed by atoms with E-state index >= 15 is 0 Å². The summed E-state index contributed by atoms with van der Waals surface area (Å²) in [5, 5.41) is 10.5. The Balaban J connectivity index is 2.01. The summed E-state index contributed by atoms with van der Waals surface area (Å²) in [6, 6.07) is 6.84. The summed E-state index contributed by atoms with van der Waals surface area (Å²) in [6.07, 6.45) is -1.22.